The summed E-state index contributed by atoms with van der Waals surface area (Å²) in [6.45, 7) is 5.26. The molecule has 0 aromatic heterocycles. The number of hydrogen-bond donors (Lipinski definition) is 1. The molecule has 4 nitrogen and oxygen atoms in total. The fourth-order valence-electron chi connectivity index (χ4n) is 2.65. The number of carbonyl (C=O) groups excluding carboxylic acids is 1. The second kappa shape index (κ2) is 5.07. The molecule has 18 heavy (non-hydrogen) atoms. The molecule has 0 spiro atoms. The molecule has 2 atom stereocenters. The summed E-state index contributed by atoms with van der Waals surface area (Å²) in [5.74, 6) is 0.154. The van der Waals surface area contributed by atoms with Crippen molar-refractivity contribution in [1.82, 2.24) is 9.62 Å². The Balaban J connectivity index is 1.80. The molecule has 0 aromatic carbocycles. The molecule has 3 heterocycles. The molecule has 0 aromatic rings. The van der Waals surface area contributed by atoms with Gasteiger partial charge >= 0.3 is 0 Å². The normalized spacial score (nSPS) is 32.7. The van der Waals surface area contributed by atoms with Gasteiger partial charge in [-0.05, 0) is 36.8 Å². The first-order valence-corrected chi connectivity index (χ1v) is 7.33. The molecule has 0 aliphatic carbocycles. The predicted molar refractivity (Wildman–Crippen MR) is 71.7 cm³/mol. The van der Waals surface area contributed by atoms with Crippen molar-refractivity contribution < 1.29 is 9.53 Å². The van der Waals surface area contributed by atoms with E-state index in [9.17, 15) is 4.79 Å². The summed E-state index contributed by atoms with van der Waals surface area (Å²) in [6, 6.07) is -0.149. The molecule has 2 unspecified atom stereocenters. The average Bonchev–Trinajstić information content (AvgIpc) is 2.60. The fourth-order valence-corrected chi connectivity index (χ4v) is 3.48. The maximum absolute atomic E-state index is 12.4. The Kier molecular flexibility index (Phi) is 3.46. The number of rotatable bonds is 2. The maximum Gasteiger partial charge on any atom is 0.248 e. The zero-order valence-electron chi connectivity index (χ0n) is 10.4. The van der Waals surface area contributed by atoms with Crippen LogP contribution in [0.3, 0.4) is 0 Å². The van der Waals surface area contributed by atoms with E-state index in [2.05, 4.69) is 11.3 Å². The lowest BCUT2D eigenvalue weighted by atomic mass is 10.0. The fraction of sp³-hybridized carbons (Fsp3) is 0.615. The first-order valence-electron chi connectivity index (χ1n) is 6.51. The van der Waals surface area contributed by atoms with Gasteiger partial charge in [-0.25, -0.2) is 4.72 Å². The van der Waals surface area contributed by atoms with Crippen molar-refractivity contribution in [3.63, 3.8) is 0 Å². The van der Waals surface area contributed by atoms with Crippen molar-refractivity contribution in [3.8, 4) is 0 Å². The number of fused-ring (bicyclic) bond motifs is 1. The van der Waals surface area contributed by atoms with Crippen molar-refractivity contribution in [3.05, 3.63) is 23.1 Å². The zero-order chi connectivity index (χ0) is 12.5. The van der Waals surface area contributed by atoms with E-state index >= 15 is 0 Å². The molecule has 0 saturated carbocycles. The summed E-state index contributed by atoms with van der Waals surface area (Å²) in [6.07, 6.45) is 6.21. The second-order valence-corrected chi connectivity index (χ2v) is 5.77. The molecule has 1 amide bonds. The van der Waals surface area contributed by atoms with Crippen LogP contribution in [0.5, 0.6) is 0 Å². The summed E-state index contributed by atoms with van der Waals surface area (Å²) in [5, 5.41) is 0. The molecule has 3 aliphatic heterocycles. The summed E-state index contributed by atoms with van der Waals surface area (Å²) in [7, 11) is 0. The largest absolute Gasteiger partial charge is 0.358 e. The lowest BCUT2D eigenvalue weighted by Crippen LogP contribution is -2.58. The third-order valence-corrected chi connectivity index (χ3v) is 4.81. The first kappa shape index (κ1) is 12.3. The molecular weight excluding hydrogens is 248 g/mol. The van der Waals surface area contributed by atoms with Gasteiger partial charge in [-0.1, -0.05) is 19.1 Å². The van der Waals surface area contributed by atoms with Crippen molar-refractivity contribution >= 4 is 17.9 Å². The van der Waals surface area contributed by atoms with Gasteiger partial charge in [0.05, 0.1) is 0 Å². The van der Waals surface area contributed by atoms with Gasteiger partial charge in [0.2, 0.25) is 5.91 Å². The van der Waals surface area contributed by atoms with Crippen LogP contribution in [0.25, 0.3) is 0 Å². The van der Waals surface area contributed by atoms with Crippen LogP contribution in [0, 0.1) is 0 Å². The summed E-state index contributed by atoms with van der Waals surface area (Å²) >= 11 is 1.55. The van der Waals surface area contributed by atoms with Crippen LogP contribution in [-0.2, 0) is 9.53 Å². The van der Waals surface area contributed by atoms with E-state index in [-0.39, 0.29) is 18.2 Å². The van der Waals surface area contributed by atoms with Gasteiger partial charge in [0.15, 0.2) is 0 Å². The molecule has 5 heteroatoms. The van der Waals surface area contributed by atoms with Gasteiger partial charge in [-0.3, -0.25) is 4.79 Å². The Morgan fingerprint density at radius 2 is 2.33 bits per heavy atom. The Labute approximate surface area is 112 Å². The molecule has 98 valence electrons. The Hall–Kier alpha value is -0.780. The summed E-state index contributed by atoms with van der Waals surface area (Å²) < 4.78 is 8.94. The minimum Gasteiger partial charge on any atom is -0.358 e. The van der Waals surface area contributed by atoms with Crippen LogP contribution in [-0.4, -0.2) is 36.2 Å². The first-order chi connectivity index (χ1) is 8.81. The van der Waals surface area contributed by atoms with Crippen molar-refractivity contribution in [2.24, 2.45) is 0 Å². The van der Waals surface area contributed by atoms with E-state index in [4.69, 9.17) is 4.74 Å². The predicted octanol–water partition coefficient (Wildman–Crippen LogP) is 1.81. The monoisotopic (exact) mass is 266 g/mol. The Bertz CT molecular complexity index is 400. The van der Waals surface area contributed by atoms with Gasteiger partial charge in [0.25, 0.3) is 0 Å². The molecule has 1 N–H and O–H groups in total. The number of nitrogens with one attached hydrogen (secondary N) is 1. The van der Waals surface area contributed by atoms with E-state index in [0.29, 0.717) is 6.54 Å². The smallest absolute Gasteiger partial charge is 0.248 e. The molecule has 3 aliphatic rings. The highest BCUT2D eigenvalue weighted by atomic mass is 32.2. The van der Waals surface area contributed by atoms with Crippen molar-refractivity contribution in [2.45, 2.75) is 38.0 Å². The van der Waals surface area contributed by atoms with E-state index < -0.39 is 0 Å². The Morgan fingerprint density at radius 3 is 3.06 bits per heavy atom. The SMILES string of the molecule is C=CC1=C2SNC2C(=O)N(C2CCCCCO2)C1. The molecule has 0 radical (unpaired) electrons. The van der Waals surface area contributed by atoms with Crippen LogP contribution in [0.15, 0.2) is 23.1 Å². The molecule has 2 saturated heterocycles. The van der Waals surface area contributed by atoms with Gasteiger partial charge in [-0.15, -0.1) is 0 Å². The standard InChI is InChI=1S/C13H18N2O2S/c1-2-9-8-15(10-6-4-3-5-7-17-10)13(16)11-12(9)18-14-11/h2,10-11,14H,1,3-8H2. The van der Waals surface area contributed by atoms with Gasteiger partial charge in [0.1, 0.15) is 12.3 Å². The van der Waals surface area contributed by atoms with E-state index in [0.717, 1.165) is 36.3 Å². The third kappa shape index (κ3) is 2.00. The lowest BCUT2D eigenvalue weighted by molar-refractivity contribution is -0.147. The van der Waals surface area contributed by atoms with E-state index in [1.807, 2.05) is 11.0 Å². The number of hydrogen-bond acceptors (Lipinski definition) is 4. The quantitative estimate of drug-likeness (QED) is 0.774. The molecule has 2 fully saturated rings. The van der Waals surface area contributed by atoms with Crippen molar-refractivity contribution in [1.29, 1.82) is 0 Å². The summed E-state index contributed by atoms with van der Waals surface area (Å²) in [5.41, 5.74) is 1.16. The highest BCUT2D eigenvalue weighted by Crippen LogP contribution is 2.38. The maximum atomic E-state index is 12.4. The highest BCUT2D eigenvalue weighted by molar-refractivity contribution is 8.03. The van der Waals surface area contributed by atoms with Gasteiger partial charge in [0, 0.05) is 18.1 Å². The number of amides is 1. The zero-order valence-corrected chi connectivity index (χ0v) is 11.2. The number of carbonyl (C=O) groups is 1. The second-order valence-electron chi connectivity index (χ2n) is 4.89. The highest BCUT2D eigenvalue weighted by Gasteiger charge is 2.43. The number of ether oxygens (including phenoxy) is 1. The van der Waals surface area contributed by atoms with E-state index in [1.165, 1.54) is 6.42 Å². The minimum absolute atomic E-state index is 0.0519. The Morgan fingerprint density at radius 1 is 1.44 bits per heavy atom. The van der Waals surface area contributed by atoms with Gasteiger partial charge < -0.3 is 9.64 Å². The van der Waals surface area contributed by atoms with Crippen LogP contribution in [0.4, 0.5) is 0 Å². The molecule has 0 bridgehead atoms. The van der Waals surface area contributed by atoms with Crippen molar-refractivity contribution in [2.75, 3.05) is 13.2 Å². The lowest BCUT2D eigenvalue weighted by Gasteiger charge is -2.43. The number of nitrogens with zero attached hydrogens (tertiary/aromatic N) is 1. The van der Waals surface area contributed by atoms with Crippen LogP contribution >= 0.6 is 11.9 Å². The molecular formula is C13H18N2O2S. The van der Waals surface area contributed by atoms with E-state index in [1.54, 1.807) is 11.9 Å². The van der Waals surface area contributed by atoms with Crippen LogP contribution in [0.2, 0.25) is 0 Å². The third-order valence-electron chi connectivity index (χ3n) is 3.74. The average molecular weight is 266 g/mol. The minimum atomic E-state index is -0.149. The van der Waals surface area contributed by atoms with Crippen LogP contribution in [0.1, 0.15) is 25.7 Å². The van der Waals surface area contributed by atoms with Crippen LogP contribution < -0.4 is 4.72 Å². The summed E-state index contributed by atoms with van der Waals surface area (Å²) in [4.78, 5) is 15.4. The van der Waals surface area contributed by atoms with Gasteiger partial charge in [-0.2, -0.15) is 0 Å². The topological polar surface area (TPSA) is 41.6 Å². The molecule has 3 rings (SSSR count).